The fourth-order valence-electron chi connectivity index (χ4n) is 5.23. The van der Waals surface area contributed by atoms with Crippen LogP contribution < -0.4 is 10.1 Å². The molecule has 4 aromatic carbocycles. The van der Waals surface area contributed by atoms with Crippen molar-refractivity contribution in [3.05, 3.63) is 78.9 Å². The second-order valence-corrected chi connectivity index (χ2v) is 11.7. The molecule has 1 aromatic heterocycles. The number of fused-ring (bicyclic) bond motifs is 4. The molecule has 1 aliphatic heterocycles. The van der Waals surface area contributed by atoms with Crippen molar-refractivity contribution >= 4 is 54.3 Å². The summed E-state index contributed by atoms with van der Waals surface area (Å²) >= 11 is 0. The third-order valence-electron chi connectivity index (χ3n) is 7.52. The topological polar surface area (TPSA) is 92.1 Å². The molecule has 1 saturated heterocycles. The van der Waals surface area contributed by atoms with Crippen LogP contribution >= 0.6 is 0 Å². The molecule has 1 aliphatic rings. The number of nitrogens with zero attached hydrogens (tertiary/aromatic N) is 2. The largest absolute Gasteiger partial charge is 0.495 e. The number of piperazine rings is 1. The van der Waals surface area contributed by atoms with Gasteiger partial charge in [-0.15, -0.1) is 0 Å². The van der Waals surface area contributed by atoms with Crippen LogP contribution in [-0.4, -0.2) is 62.9 Å². The number of carbonyl (C=O) groups is 1. The number of amides is 1. The molecular weight excluding hydrogens is 514 g/mol. The highest BCUT2D eigenvalue weighted by atomic mass is 32.2. The van der Waals surface area contributed by atoms with Gasteiger partial charge < -0.3 is 14.5 Å². The molecule has 1 amide bonds. The third-order valence-corrected chi connectivity index (χ3v) is 9.41. The average Bonchev–Trinajstić information content (AvgIpc) is 3.33. The number of methoxy groups -OCH3 is 1. The summed E-state index contributed by atoms with van der Waals surface area (Å²) in [6, 6.07) is 23.9. The van der Waals surface area contributed by atoms with Crippen LogP contribution in [0.1, 0.15) is 6.92 Å². The van der Waals surface area contributed by atoms with Crippen molar-refractivity contribution < 1.29 is 22.4 Å². The zero-order valence-corrected chi connectivity index (χ0v) is 22.6. The molecule has 1 fully saturated rings. The maximum Gasteiger partial charge on any atom is 0.243 e. The number of hydrogen-bond donors (Lipinski definition) is 1. The Hall–Kier alpha value is -3.92. The Kier molecular flexibility index (Phi) is 6.50. The Labute approximate surface area is 226 Å². The Morgan fingerprint density at radius 2 is 1.59 bits per heavy atom. The number of ether oxygens (including phenoxy) is 1. The zero-order chi connectivity index (χ0) is 27.1. The molecule has 6 rings (SSSR count). The van der Waals surface area contributed by atoms with E-state index in [9.17, 15) is 13.2 Å². The second-order valence-electron chi connectivity index (χ2n) is 9.76. The number of rotatable bonds is 6. The summed E-state index contributed by atoms with van der Waals surface area (Å²) in [7, 11) is -2.07. The van der Waals surface area contributed by atoms with Crippen molar-refractivity contribution in [2.24, 2.45) is 0 Å². The predicted molar refractivity (Wildman–Crippen MR) is 153 cm³/mol. The molecule has 5 aromatic rings. The van der Waals surface area contributed by atoms with Crippen LogP contribution in [0.3, 0.4) is 0 Å². The van der Waals surface area contributed by atoms with Gasteiger partial charge in [0.05, 0.1) is 23.7 Å². The molecule has 0 radical (unpaired) electrons. The minimum atomic E-state index is -3.63. The van der Waals surface area contributed by atoms with Crippen molar-refractivity contribution in [2.75, 3.05) is 38.6 Å². The summed E-state index contributed by atoms with van der Waals surface area (Å²) in [6.45, 7) is 3.33. The minimum absolute atomic E-state index is 0.199. The molecule has 39 heavy (non-hydrogen) atoms. The molecule has 0 unspecified atom stereocenters. The number of anilines is 1. The molecule has 200 valence electrons. The molecule has 1 atom stereocenters. The Bertz CT molecular complexity index is 1810. The number of benzene rings is 4. The van der Waals surface area contributed by atoms with Gasteiger partial charge in [-0.1, -0.05) is 48.5 Å². The van der Waals surface area contributed by atoms with Crippen LogP contribution in [0.5, 0.6) is 5.75 Å². The first-order valence-corrected chi connectivity index (χ1v) is 14.3. The van der Waals surface area contributed by atoms with Crippen molar-refractivity contribution in [3.63, 3.8) is 0 Å². The highest BCUT2D eigenvalue weighted by Crippen LogP contribution is 2.36. The second kappa shape index (κ2) is 10.00. The lowest BCUT2D eigenvalue weighted by Crippen LogP contribution is -2.53. The van der Waals surface area contributed by atoms with Crippen LogP contribution in [0, 0.1) is 0 Å². The Balaban J connectivity index is 1.15. The average molecular weight is 544 g/mol. The summed E-state index contributed by atoms with van der Waals surface area (Å²) in [5, 5.41) is 6.76. The molecule has 8 nitrogen and oxygen atoms in total. The monoisotopic (exact) mass is 543 g/mol. The predicted octanol–water partition coefficient (Wildman–Crippen LogP) is 5.08. The van der Waals surface area contributed by atoms with Gasteiger partial charge in [-0.25, -0.2) is 8.42 Å². The molecular formula is C30H29N3O5S. The van der Waals surface area contributed by atoms with Gasteiger partial charge in [0.15, 0.2) is 0 Å². The number of nitrogens with one attached hydrogen (secondary N) is 1. The van der Waals surface area contributed by atoms with E-state index in [4.69, 9.17) is 9.15 Å². The van der Waals surface area contributed by atoms with E-state index >= 15 is 0 Å². The van der Waals surface area contributed by atoms with E-state index in [-0.39, 0.29) is 10.8 Å². The summed E-state index contributed by atoms with van der Waals surface area (Å²) in [6.07, 6.45) is 0. The van der Waals surface area contributed by atoms with Gasteiger partial charge in [-0.2, -0.15) is 4.31 Å². The van der Waals surface area contributed by atoms with Crippen LogP contribution in [0.2, 0.25) is 0 Å². The highest BCUT2D eigenvalue weighted by molar-refractivity contribution is 7.89. The highest BCUT2D eigenvalue weighted by Gasteiger charge is 2.32. The summed E-state index contributed by atoms with van der Waals surface area (Å²) in [5.74, 6) is 0.343. The number of sulfonamides is 1. The van der Waals surface area contributed by atoms with Gasteiger partial charge >= 0.3 is 0 Å². The minimum Gasteiger partial charge on any atom is -0.495 e. The smallest absolute Gasteiger partial charge is 0.243 e. The molecule has 9 heteroatoms. The van der Waals surface area contributed by atoms with Gasteiger partial charge in [0.25, 0.3) is 0 Å². The van der Waals surface area contributed by atoms with E-state index in [0.29, 0.717) is 43.2 Å². The van der Waals surface area contributed by atoms with Crippen molar-refractivity contribution in [1.82, 2.24) is 9.21 Å². The Morgan fingerprint density at radius 1 is 0.872 bits per heavy atom. The molecule has 2 heterocycles. The van der Waals surface area contributed by atoms with Crippen LogP contribution in [-0.2, 0) is 14.8 Å². The van der Waals surface area contributed by atoms with E-state index < -0.39 is 16.1 Å². The van der Waals surface area contributed by atoms with Gasteiger partial charge in [0, 0.05) is 43.0 Å². The maximum atomic E-state index is 13.3. The maximum absolute atomic E-state index is 13.3. The molecule has 1 N–H and O–H groups in total. The Morgan fingerprint density at radius 3 is 2.36 bits per heavy atom. The lowest BCUT2D eigenvalue weighted by molar-refractivity contribution is -0.121. The number of hydrogen-bond acceptors (Lipinski definition) is 6. The fourth-order valence-corrected chi connectivity index (χ4v) is 6.69. The van der Waals surface area contributed by atoms with E-state index in [0.717, 1.165) is 27.1 Å². The van der Waals surface area contributed by atoms with Crippen molar-refractivity contribution in [1.29, 1.82) is 0 Å². The van der Waals surface area contributed by atoms with Gasteiger partial charge in [0.2, 0.25) is 15.9 Å². The van der Waals surface area contributed by atoms with E-state index in [1.165, 1.54) is 4.31 Å². The first-order chi connectivity index (χ1) is 18.8. The SMILES string of the molecule is COc1cc2c(cc1NC(=O)[C@H](C)N1CCN(S(=O)(=O)c3ccc4ccccc4c3)CC1)oc1ccccc12. The fraction of sp³-hybridized carbons (Fsp3) is 0.233. The van der Waals surface area contributed by atoms with Crippen LogP contribution in [0.25, 0.3) is 32.7 Å². The lowest BCUT2D eigenvalue weighted by atomic mass is 10.1. The lowest BCUT2D eigenvalue weighted by Gasteiger charge is -2.36. The van der Waals surface area contributed by atoms with Crippen LogP contribution in [0.4, 0.5) is 5.69 Å². The molecule has 0 aliphatic carbocycles. The molecule has 0 bridgehead atoms. The zero-order valence-electron chi connectivity index (χ0n) is 21.8. The van der Waals surface area contributed by atoms with E-state index in [2.05, 4.69) is 5.32 Å². The van der Waals surface area contributed by atoms with Gasteiger partial charge in [-0.05, 0) is 42.0 Å². The molecule has 0 spiro atoms. The number of carbonyl (C=O) groups excluding carboxylic acids is 1. The molecule has 0 saturated carbocycles. The first kappa shape index (κ1) is 25.4. The summed E-state index contributed by atoms with van der Waals surface area (Å²) in [4.78, 5) is 15.5. The summed E-state index contributed by atoms with van der Waals surface area (Å²) in [5.41, 5.74) is 1.95. The number of para-hydroxylation sites is 1. The summed E-state index contributed by atoms with van der Waals surface area (Å²) < 4.78 is 39.7. The van der Waals surface area contributed by atoms with E-state index in [1.54, 1.807) is 25.3 Å². The van der Waals surface area contributed by atoms with Crippen molar-refractivity contribution in [2.45, 2.75) is 17.9 Å². The van der Waals surface area contributed by atoms with Crippen LogP contribution in [0.15, 0.2) is 88.2 Å². The van der Waals surface area contributed by atoms with Gasteiger partial charge in [0.1, 0.15) is 16.9 Å². The number of furan rings is 1. The van der Waals surface area contributed by atoms with Crippen molar-refractivity contribution in [3.8, 4) is 5.75 Å². The standard InChI is InChI=1S/C30H29N3O5S/c1-20(30(34)31-26-19-28-25(18-29(26)37-2)24-9-5-6-10-27(24)38-28)32-13-15-33(16-14-32)39(35,36)23-12-11-21-7-3-4-8-22(21)17-23/h3-12,17-20H,13-16H2,1-2H3,(H,31,34)/t20-/m0/s1. The quantitative estimate of drug-likeness (QED) is 0.321. The third kappa shape index (κ3) is 4.63. The first-order valence-electron chi connectivity index (χ1n) is 12.9. The van der Waals surface area contributed by atoms with E-state index in [1.807, 2.05) is 72.5 Å². The van der Waals surface area contributed by atoms with Gasteiger partial charge in [-0.3, -0.25) is 9.69 Å². The normalized spacial score (nSPS) is 16.1.